The third-order valence-corrected chi connectivity index (χ3v) is 6.86. The molecule has 2 aromatic carbocycles. The van der Waals surface area contributed by atoms with Crippen LogP contribution in [0.25, 0.3) is 0 Å². The van der Waals surface area contributed by atoms with Crippen molar-refractivity contribution in [3.63, 3.8) is 0 Å². The van der Waals surface area contributed by atoms with Crippen molar-refractivity contribution in [1.29, 1.82) is 0 Å². The number of hydrogen-bond donors (Lipinski definition) is 1. The number of aliphatic carboxylic acids is 1. The summed E-state index contributed by atoms with van der Waals surface area (Å²) in [4.78, 5) is 11.2. The van der Waals surface area contributed by atoms with E-state index < -0.39 is 5.97 Å². The maximum atomic E-state index is 11.2. The Kier molecular flexibility index (Phi) is 5.87. The molecule has 4 atom stereocenters. The maximum Gasteiger partial charge on any atom is 0.307 e. The average molecular weight is 423 g/mol. The second-order valence-corrected chi connectivity index (χ2v) is 10.2. The molecular formula is C27H34O4. The van der Waals surface area contributed by atoms with Gasteiger partial charge in [0.25, 0.3) is 0 Å². The number of benzene rings is 2. The number of fused-ring (bicyclic) bond motifs is 3. The van der Waals surface area contributed by atoms with Gasteiger partial charge in [-0.2, -0.15) is 0 Å². The summed E-state index contributed by atoms with van der Waals surface area (Å²) in [7, 11) is 0. The topological polar surface area (TPSA) is 55.8 Å². The van der Waals surface area contributed by atoms with Crippen LogP contribution in [0.4, 0.5) is 0 Å². The first-order valence-electron chi connectivity index (χ1n) is 11.4. The van der Waals surface area contributed by atoms with Crippen LogP contribution in [0.1, 0.15) is 75.3 Å². The molecule has 0 unspecified atom stereocenters. The van der Waals surface area contributed by atoms with E-state index in [0.717, 1.165) is 29.7 Å². The number of carbonyl (C=O) groups is 1. The fourth-order valence-electron chi connectivity index (χ4n) is 5.28. The van der Waals surface area contributed by atoms with E-state index in [1.807, 2.05) is 18.2 Å². The van der Waals surface area contributed by atoms with Crippen molar-refractivity contribution in [1.82, 2.24) is 0 Å². The van der Waals surface area contributed by atoms with Crippen LogP contribution in [0.15, 0.2) is 42.5 Å². The first-order chi connectivity index (χ1) is 14.6. The summed E-state index contributed by atoms with van der Waals surface area (Å²) in [6.45, 7) is 10.9. The quantitative estimate of drug-likeness (QED) is 0.648. The molecule has 2 aromatic rings. The minimum Gasteiger partial charge on any atom is -0.487 e. The van der Waals surface area contributed by atoms with Crippen molar-refractivity contribution in [2.24, 2.45) is 11.8 Å². The van der Waals surface area contributed by atoms with Crippen LogP contribution in [-0.4, -0.2) is 22.8 Å². The average Bonchev–Trinajstić information content (AvgIpc) is 2.68. The molecule has 0 saturated carbocycles. The minimum absolute atomic E-state index is 0.00889. The SMILES string of the molecule is CC(C)Cc1ccc([C@@H]2C[C@H]3[C@H](O[C@H]2C)c2cc(CC(=O)O)ccc2OC3(C)C)cc1. The Balaban J connectivity index is 1.62. The van der Waals surface area contributed by atoms with Gasteiger partial charge in [-0.25, -0.2) is 0 Å². The monoisotopic (exact) mass is 422 g/mol. The van der Waals surface area contributed by atoms with Gasteiger partial charge < -0.3 is 14.6 Å². The molecule has 2 aliphatic heterocycles. The molecule has 0 spiro atoms. The van der Waals surface area contributed by atoms with Crippen LogP contribution in [0.5, 0.6) is 5.75 Å². The second kappa shape index (κ2) is 8.31. The summed E-state index contributed by atoms with van der Waals surface area (Å²) in [5.74, 6) is 1.13. The molecule has 0 radical (unpaired) electrons. The number of rotatable bonds is 5. The van der Waals surface area contributed by atoms with Crippen molar-refractivity contribution in [3.8, 4) is 5.75 Å². The molecule has 0 aromatic heterocycles. The summed E-state index contributed by atoms with van der Waals surface area (Å²) in [5, 5.41) is 9.19. The fourth-order valence-corrected chi connectivity index (χ4v) is 5.28. The largest absolute Gasteiger partial charge is 0.487 e. The summed E-state index contributed by atoms with van der Waals surface area (Å²) in [5.41, 5.74) is 4.11. The van der Waals surface area contributed by atoms with Gasteiger partial charge in [0, 0.05) is 17.4 Å². The fraction of sp³-hybridized carbons (Fsp3) is 0.519. The highest BCUT2D eigenvalue weighted by Gasteiger charge is 2.49. The maximum absolute atomic E-state index is 11.2. The van der Waals surface area contributed by atoms with Crippen molar-refractivity contribution >= 4 is 5.97 Å². The molecule has 2 heterocycles. The summed E-state index contributed by atoms with van der Waals surface area (Å²) in [6, 6.07) is 14.7. The van der Waals surface area contributed by atoms with E-state index in [9.17, 15) is 9.90 Å². The Morgan fingerprint density at radius 2 is 1.81 bits per heavy atom. The molecule has 4 nitrogen and oxygen atoms in total. The molecule has 2 aliphatic rings. The highest BCUT2D eigenvalue weighted by molar-refractivity contribution is 5.70. The summed E-state index contributed by atoms with van der Waals surface area (Å²) in [6.07, 6.45) is 2.07. The Morgan fingerprint density at radius 1 is 1.13 bits per heavy atom. The van der Waals surface area contributed by atoms with Crippen LogP contribution in [0.3, 0.4) is 0 Å². The lowest BCUT2D eigenvalue weighted by Crippen LogP contribution is -2.50. The predicted octanol–water partition coefficient (Wildman–Crippen LogP) is 5.93. The zero-order valence-electron chi connectivity index (χ0n) is 19.2. The molecule has 0 amide bonds. The van der Waals surface area contributed by atoms with E-state index in [1.165, 1.54) is 11.1 Å². The van der Waals surface area contributed by atoms with Gasteiger partial charge in [0.05, 0.1) is 18.6 Å². The highest BCUT2D eigenvalue weighted by atomic mass is 16.5. The van der Waals surface area contributed by atoms with Crippen molar-refractivity contribution in [3.05, 3.63) is 64.7 Å². The van der Waals surface area contributed by atoms with E-state index in [-0.39, 0.29) is 30.1 Å². The zero-order chi connectivity index (χ0) is 22.3. The van der Waals surface area contributed by atoms with Gasteiger partial charge in [-0.3, -0.25) is 4.79 Å². The Bertz CT molecular complexity index is 944. The molecule has 0 aliphatic carbocycles. The van der Waals surface area contributed by atoms with E-state index in [0.29, 0.717) is 11.8 Å². The predicted molar refractivity (Wildman–Crippen MR) is 122 cm³/mol. The molecule has 4 heteroatoms. The molecule has 1 fully saturated rings. The first-order valence-corrected chi connectivity index (χ1v) is 11.4. The number of carboxylic acids is 1. The third kappa shape index (κ3) is 4.50. The zero-order valence-corrected chi connectivity index (χ0v) is 19.2. The first kappa shape index (κ1) is 21.9. The van der Waals surface area contributed by atoms with E-state index in [4.69, 9.17) is 9.47 Å². The molecule has 31 heavy (non-hydrogen) atoms. The van der Waals surface area contributed by atoms with Crippen LogP contribution < -0.4 is 4.74 Å². The van der Waals surface area contributed by atoms with Crippen molar-refractivity contribution in [2.45, 2.75) is 77.6 Å². The number of ether oxygens (including phenoxy) is 2. The van der Waals surface area contributed by atoms with Crippen molar-refractivity contribution in [2.75, 3.05) is 0 Å². The lowest BCUT2D eigenvalue weighted by molar-refractivity contribution is -0.153. The molecule has 1 N–H and O–H groups in total. The summed E-state index contributed by atoms with van der Waals surface area (Å²) >= 11 is 0. The standard InChI is InChI=1S/C27H34O4/c1-16(2)12-18-6-9-20(10-7-18)21-15-23-26(30-17(21)3)22-13-19(14-25(28)29)8-11-24(22)31-27(23,4)5/h6-11,13,16-17,21,23,26H,12,14-15H2,1-5H3,(H,28,29)/t17-,21+,23-,26+/m0/s1. The Hall–Kier alpha value is -2.33. The minimum atomic E-state index is -0.826. The number of carboxylic acid groups (broad SMARTS) is 1. The second-order valence-electron chi connectivity index (χ2n) is 10.2. The molecule has 4 rings (SSSR count). The number of hydrogen-bond acceptors (Lipinski definition) is 3. The van der Waals surface area contributed by atoms with Crippen molar-refractivity contribution < 1.29 is 19.4 Å². The van der Waals surface area contributed by atoms with Gasteiger partial charge in [0.1, 0.15) is 11.4 Å². The lowest BCUT2D eigenvalue weighted by Gasteiger charge is -2.50. The molecule has 0 bridgehead atoms. The molecule has 1 saturated heterocycles. The van der Waals surface area contributed by atoms with Gasteiger partial charge in [-0.1, -0.05) is 44.2 Å². The molecular weight excluding hydrogens is 388 g/mol. The van der Waals surface area contributed by atoms with Gasteiger partial charge in [-0.05, 0) is 68.4 Å². The van der Waals surface area contributed by atoms with Gasteiger partial charge in [0.2, 0.25) is 0 Å². The normalized spacial score (nSPS) is 26.6. The highest BCUT2D eigenvalue weighted by Crippen LogP contribution is 2.53. The van der Waals surface area contributed by atoms with Gasteiger partial charge in [0.15, 0.2) is 0 Å². The van der Waals surface area contributed by atoms with E-state index in [2.05, 4.69) is 58.9 Å². The van der Waals surface area contributed by atoms with Crippen LogP contribution in [0, 0.1) is 11.8 Å². The third-order valence-electron chi connectivity index (χ3n) is 6.86. The lowest BCUT2D eigenvalue weighted by atomic mass is 9.70. The van der Waals surface area contributed by atoms with Crippen LogP contribution in [-0.2, 0) is 22.4 Å². The Morgan fingerprint density at radius 3 is 2.45 bits per heavy atom. The smallest absolute Gasteiger partial charge is 0.307 e. The van der Waals surface area contributed by atoms with E-state index in [1.54, 1.807) is 0 Å². The van der Waals surface area contributed by atoms with E-state index >= 15 is 0 Å². The summed E-state index contributed by atoms with van der Waals surface area (Å²) < 4.78 is 13.1. The Labute approximate surface area is 185 Å². The van der Waals surface area contributed by atoms with Crippen LogP contribution in [0.2, 0.25) is 0 Å². The van der Waals surface area contributed by atoms with Gasteiger partial charge in [-0.15, -0.1) is 0 Å². The van der Waals surface area contributed by atoms with Crippen LogP contribution >= 0.6 is 0 Å². The molecule has 166 valence electrons. The van der Waals surface area contributed by atoms with Gasteiger partial charge >= 0.3 is 5.97 Å².